The van der Waals surface area contributed by atoms with Gasteiger partial charge in [0.05, 0.1) is 0 Å². The van der Waals surface area contributed by atoms with Crippen molar-refractivity contribution in [3.8, 4) is 0 Å². The summed E-state index contributed by atoms with van der Waals surface area (Å²) in [5.41, 5.74) is -2.89. The van der Waals surface area contributed by atoms with Gasteiger partial charge in [0, 0.05) is 12.3 Å². The molecule has 15 heavy (non-hydrogen) atoms. The van der Waals surface area contributed by atoms with Crippen LogP contribution < -0.4 is 11.2 Å². The molecular weight excluding hydrogens is 227 g/mol. The van der Waals surface area contributed by atoms with Crippen molar-refractivity contribution in [3.05, 3.63) is 33.1 Å². The number of aromatic amines is 1. The Morgan fingerprint density at radius 2 is 1.67 bits per heavy atom. The van der Waals surface area contributed by atoms with Crippen LogP contribution in [-0.2, 0) is 6.05 Å². The molecule has 84 valence electrons. The van der Waals surface area contributed by atoms with E-state index in [0.717, 1.165) is 0 Å². The maximum atomic E-state index is 12.6. The van der Waals surface area contributed by atoms with E-state index in [0.29, 0.717) is 6.07 Å². The second-order valence-electron chi connectivity index (χ2n) is 2.52. The summed E-state index contributed by atoms with van der Waals surface area (Å²) in [6, 6.07) is -4.96. The van der Waals surface area contributed by atoms with E-state index in [2.05, 4.69) is 0 Å². The normalized spacial score (nSPS) is 12.9. The van der Waals surface area contributed by atoms with Crippen molar-refractivity contribution < 1.29 is 22.0 Å². The Morgan fingerprint density at radius 1 is 1.13 bits per heavy atom. The molecule has 0 bridgehead atoms. The first-order chi connectivity index (χ1) is 6.66. The minimum Gasteiger partial charge on any atom is -0.274 e. The highest BCUT2D eigenvalue weighted by Crippen LogP contribution is 2.38. The molecule has 1 N–H and O–H groups in total. The van der Waals surface area contributed by atoms with E-state index in [1.165, 1.54) is 4.98 Å². The molecule has 0 radical (unpaired) electrons. The van der Waals surface area contributed by atoms with Gasteiger partial charge in [-0.1, -0.05) is 0 Å². The topological polar surface area (TPSA) is 54.9 Å². The van der Waals surface area contributed by atoms with Gasteiger partial charge in [-0.25, -0.2) is 9.36 Å². The van der Waals surface area contributed by atoms with Crippen LogP contribution in [0, 0.1) is 0 Å². The van der Waals surface area contributed by atoms with Crippen molar-refractivity contribution in [3.63, 3.8) is 0 Å². The second-order valence-corrected chi connectivity index (χ2v) is 2.52. The number of hydrogen-bond acceptors (Lipinski definition) is 2. The smallest absolute Gasteiger partial charge is 0.274 e. The van der Waals surface area contributed by atoms with Crippen molar-refractivity contribution in [2.45, 2.75) is 12.2 Å². The fourth-order valence-electron chi connectivity index (χ4n) is 0.775. The summed E-state index contributed by atoms with van der Waals surface area (Å²) in [5, 5.41) is 0. The average Bonchev–Trinajstić information content (AvgIpc) is 2.00. The van der Waals surface area contributed by atoms with Crippen LogP contribution in [0.4, 0.5) is 22.0 Å². The highest BCUT2D eigenvalue weighted by Gasteiger charge is 2.60. The summed E-state index contributed by atoms with van der Waals surface area (Å²) >= 11 is 0. The monoisotopic (exact) mass is 230 g/mol. The van der Waals surface area contributed by atoms with E-state index in [1.54, 1.807) is 0 Å². The Labute approximate surface area is 78.0 Å². The van der Waals surface area contributed by atoms with E-state index in [-0.39, 0.29) is 6.20 Å². The van der Waals surface area contributed by atoms with Gasteiger partial charge in [0.2, 0.25) is 0 Å². The first-order valence-electron chi connectivity index (χ1n) is 3.43. The Morgan fingerprint density at radius 3 is 2.07 bits per heavy atom. The lowest BCUT2D eigenvalue weighted by molar-refractivity contribution is -0.325. The molecule has 0 aliphatic carbocycles. The number of aromatic nitrogens is 2. The van der Waals surface area contributed by atoms with Crippen LogP contribution in [0.2, 0.25) is 0 Å². The molecule has 9 heteroatoms. The Hall–Kier alpha value is -1.67. The lowest BCUT2D eigenvalue weighted by Gasteiger charge is -2.20. The molecule has 0 amide bonds. The summed E-state index contributed by atoms with van der Waals surface area (Å²) in [7, 11) is 0. The molecule has 1 aromatic heterocycles. The van der Waals surface area contributed by atoms with Gasteiger partial charge >= 0.3 is 17.9 Å². The standard InChI is InChI=1S/C6H3F5N2O2/c7-5(8,9)6(10,11)13-2-1-3(14)12-4(13)15/h1-2H,(H,12,14,15). The molecule has 1 rings (SSSR count). The van der Waals surface area contributed by atoms with Crippen molar-refractivity contribution >= 4 is 0 Å². The molecule has 0 unspecified atom stereocenters. The molecular formula is C6H3F5N2O2. The minimum atomic E-state index is -5.91. The SMILES string of the molecule is O=c1ccn(C(F)(F)C(F)(F)F)c(=O)[nH]1. The molecule has 0 spiro atoms. The van der Waals surface area contributed by atoms with Gasteiger partial charge in [0.25, 0.3) is 5.56 Å². The largest absolute Gasteiger partial charge is 0.475 e. The van der Waals surface area contributed by atoms with Gasteiger partial charge in [-0.15, -0.1) is 0 Å². The van der Waals surface area contributed by atoms with Crippen LogP contribution in [0.3, 0.4) is 0 Å². The fourth-order valence-corrected chi connectivity index (χ4v) is 0.775. The van der Waals surface area contributed by atoms with E-state index < -0.39 is 28.0 Å². The van der Waals surface area contributed by atoms with E-state index in [9.17, 15) is 31.5 Å². The van der Waals surface area contributed by atoms with Crippen LogP contribution in [-0.4, -0.2) is 15.7 Å². The summed E-state index contributed by atoms with van der Waals surface area (Å²) < 4.78 is 59.6. The first kappa shape index (κ1) is 11.4. The molecule has 0 aromatic carbocycles. The Bertz CT molecular complexity index is 471. The number of halogens is 5. The third kappa shape index (κ3) is 1.90. The highest BCUT2D eigenvalue weighted by molar-refractivity contribution is 4.87. The van der Waals surface area contributed by atoms with Gasteiger partial charge < -0.3 is 0 Å². The van der Waals surface area contributed by atoms with E-state index in [4.69, 9.17) is 0 Å². The summed E-state index contributed by atoms with van der Waals surface area (Å²) in [4.78, 5) is 22.4. The average molecular weight is 230 g/mol. The zero-order valence-electron chi connectivity index (χ0n) is 6.81. The zero-order chi connectivity index (χ0) is 11.9. The molecule has 0 aliphatic heterocycles. The molecule has 4 nitrogen and oxygen atoms in total. The molecule has 0 aliphatic rings. The van der Waals surface area contributed by atoms with Crippen LogP contribution in [0.15, 0.2) is 21.9 Å². The summed E-state index contributed by atoms with van der Waals surface area (Å²) in [6.07, 6.45) is -5.83. The van der Waals surface area contributed by atoms with Crippen LogP contribution in [0.5, 0.6) is 0 Å². The summed E-state index contributed by atoms with van der Waals surface area (Å²) in [6.45, 7) is 0. The quantitative estimate of drug-likeness (QED) is 0.720. The Balaban J connectivity index is 3.41. The second kappa shape index (κ2) is 3.17. The van der Waals surface area contributed by atoms with Crippen LogP contribution in [0.25, 0.3) is 0 Å². The van der Waals surface area contributed by atoms with Crippen molar-refractivity contribution in [2.24, 2.45) is 0 Å². The van der Waals surface area contributed by atoms with Gasteiger partial charge in [-0.05, 0) is 0 Å². The lowest BCUT2D eigenvalue weighted by Crippen LogP contribution is -2.47. The molecule has 0 saturated heterocycles. The predicted molar refractivity (Wildman–Crippen MR) is 37.6 cm³/mol. The fraction of sp³-hybridized carbons (Fsp3) is 0.333. The number of H-pyrrole nitrogens is 1. The third-order valence-electron chi connectivity index (χ3n) is 1.47. The van der Waals surface area contributed by atoms with E-state index in [1.807, 2.05) is 0 Å². The van der Waals surface area contributed by atoms with Gasteiger partial charge in [0.1, 0.15) is 0 Å². The number of rotatable bonds is 1. The lowest BCUT2D eigenvalue weighted by atomic mass is 10.5. The molecule has 1 heterocycles. The highest BCUT2D eigenvalue weighted by atomic mass is 19.4. The third-order valence-corrected chi connectivity index (χ3v) is 1.47. The maximum absolute atomic E-state index is 12.6. The van der Waals surface area contributed by atoms with Crippen molar-refractivity contribution in [1.82, 2.24) is 9.55 Å². The zero-order valence-corrected chi connectivity index (χ0v) is 6.81. The number of alkyl halides is 5. The maximum Gasteiger partial charge on any atom is 0.475 e. The predicted octanol–water partition coefficient (Wildman–Crippen LogP) is 0.648. The molecule has 0 atom stereocenters. The molecule has 1 aromatic rings. The minimum absolute atomic E-state index is 0.0780. The number of nitrogens with zero attached hydrogens (tertiary/aromatic N) is 1. The van der Waals surface area contributed by atoms with Crippen LogP contribution in [0.1, 0.15) is 0 Å². The number of hydrogen-bond donors (Lipinski definition) is 1. The van der Waals surface area contributed by atoms with Gasteiger partial charge in [-0.2, -0.15) is 22.0 Å². The van der Waals surface area contributed by atoms with Gasteiger partial charge in [0.15, 0.2) is 0 Å². The molecule has 0 saturated carbocycles. The Kier molecular flexibility index (Phi) is 2.41. The van der Waals surface area contributed by atoms with Crippen molar-refractivity contribution in [1.29, 1.82) is 0 Å². The summed E-state index contributed by atoms with van der Waals surface area (Å²) in [5.74, 6) is 0. The van der Waals surface area contributed by atoms with Crippen LogP contribution >= 0.6 is 0 Å². The van der Waals surface area contributed by atoms with Crippen molar-refractivity contribution in [2.75, 3.05) is 0 Å². The van der Waals surface area contributed by atoms with Gasteiger partial charge in [-0.3, -0.25) is 9.78 Å². The number of nitrogens with one attached hydrogen (secondary N) is 1. The van der Waals surface area contributed by atoms with E-state index >= 15 is 0 Å². The first-order valence-corrected chi connectivity index (χ1v) is 3.43. The molecule has 0 fully saturated rings.